The minimum Gasteiger partial charge on any atom is -0.204 e. The summed E-state index contributed by atoms with van der Waals surface area (Å²) in [6, 6.07) is 5.08. The summed E-state index contributed by atoms with van der Waals surface area (Å²) in [5.41, 5.74) is 0.681. The maximum absolute atomic E-state index is 13.1. The van der Waals surface area contributed by atoms with Gasteiger partial charge in [0.05, 0.1) is 21.1 Å². The summed E-state index contributed by atoms with van der Waals surface area (Å²) in [5, 5.41) is 8.49. The van der Waals surface area contributed by atoms with Gasteiger partial charge in [0.1, 0.15) is 0 Å². The molecule has 0 fully saturated rings. The van der Waals surface area contributed by atoms with Gasteiger partial charge in [-0.05, 0) is 34.2 Å². The van der Waals surface area contributed by atoms with Gasteiger partial charge in [-0.25, -0.2) is 4.39 Å². The molecule has 1 aromatic rings. The van der Waals surface area contributed by atoms with Gasteiger partial charge in [-0.1, -0.05) is 17.7 Å². The zero-order valence-corrected chi connectivity index (χ0v) is 8.86. The van der Waals surface area contributed by atoms with Crippen molar-refractivity contribution in [3.8, 4) is 6.07 Å². The number of hydrogen-bond donors (Lipinski definition) is 0. The second-order valence-electron chi connectivity index (χ2n) is 2.17. The quantitative estimate of drug-likeness (QED) is 0.577. The minimum absolute atomic E-state index is 0.0982. The summed E-state index contributed by atoms with van der Waals surface area (Å²) >= 11 is 7.37. The van der Waals surface area contributed by atoms with Crippen LogP contribution < -0.4 is 0 Å². The predicted molar refractivity (Wildman–Crippen MR) is 53.4 cm³/mol. The van der Waals surface area contributed by atoms with Crippen molar-refractivity contribution in [1.82, 2.24) is 0 Å². The van der Waals surface area contributed by atoms with Gasteiger partial charge in [-0.2, -0.15) is 5.26 Å². The molecule has 62 valence electrons. The molecule has 4 heteroatoms. The molecule has 0 aliphatic heterocycles. The van der Waals surface area contributed by atoms with E-state index in [4.69, 9.17) is 16.9 Å². The number of halogens is 3. The molecule has 0 unspecified atom stereocenters. The highest BCUT2D eigenvalue weighted by atomic mass is 127. The Kier molecular flexibility index (Phi) is 3.29. The second kappa shape index (κ2) is 4.06. The maximum Gasteiger partial charge on any atom is 0.155 e. The molecular weight excluding hydrogens is 291 g/mol. The number of hydrogen-bond acceptors (Lipinski definition) is 1. The van der Waals surface area contributed by atoms with Crippen LogP contribution in [0.15, 0.2) is 12.1 Å². The van der Waals surface area contributed by atoms with Crippen LogP contribution in [0, 0.1) is 20.7 Å². The lowest BCUT2D eigenvalue weighted by atomic mass is 10.2. The lowest BCUT2D eigenvalue weighted by Gasteiger charge is -2.01. The molecule has 0 saturated carbocycles. The standard InChI is InChI=1S/C8H4ClFIN/c9-6-2-1-5(3-4-12)8(11)7(6)10/h1-2H,3H2. The van der Waals surface area contributed by atoms with E-state index >= 15 is 0 Å². The summed E-state index contributed by atoms with van der Waals surface area (Å²) in [5.74, 6) is -0.440. The molecule has 0 radical (unpaired) electrons. The molecule has 1 nitrogen and oxygen atoms in total. The third-order valence-corrected chi connectivity index (χ3v) is 2.84. The Hall–Kier alpha value is -0.340. The van der Waals surface area contributed by atoms with Crippen LogP contribution in [0.2, 0.25) is 5.02 Å². The third-order valence-electron chi connectivity index (χ3n) is 1.38. The molecule has 12 heavy (non-hydrogen) atoms. The SMILES string of the molecule is N#CCc1ccc(Cl)c(F)c1I. The maximum atomic E-state index is 13.1. The van der Waals surface area contributed by atoms with Crippen molar-refractivity contribution in [2.45, 2.75) is 6.42 Å². The van der Waals surface area contributed by atoms with Crippen LogP contribution in [0.3, 0.4) is 0 Å². The fourth-order valence-electron chi connectivity index (χ4n) is 0.788. The van der Waals surface area contributed by atoms with Gasteiger partial charge in [0, 0.05) is 0 Å². The van der Waals surface area contributed by atoms with Crippen molar-refractivity contribution in [3.63, 3.8) is 0 Å². The van der Waals surface area contributed by atoms with Crippen LogP contribution in [-0.4, -0.2) is 0 Å². The zero-order chi connectivity index (χ0) is 9.14. The van der Waals surface area contributed by atoms with Gasteiger partial charge in [-0.15, -0.1) is 0 Å². The molecule has 0 bridgehead atoms. The van der Waals surface area contributed by atoms with E-state index in [-0.39, 0.29) is 11.4 Å². The minimum atomic E-state index is -0.440. The summed E-state index contributed by atoms with van der Waals surface area (Å²) < 4.78 is 13.5. The van der Waals surface area contributed by atoms with E-state index in [2.05, 4.69) is 0 Å². The first-order valence-electron chi connectivity index (χ1n) is 3.16. The number of benzene rings is 1. The molecule has 0 aliphatic carbocycles. The van der Waals surface area contributed by atoms with Gasteiger partial charge in [0.25, 0.3) is 0 Å². The van der Waals surface area contributed by atoms with Crippen LogP contribution in [0.4, 0.5) is 4.39 Å². The van der Waals surface area contributed by atoms with Crippen molar-refractivity contribution >= 4 is 34.2 Å². The lowest BCUT2D eigenvalue weighted by molar-refractivity contribution is 0.618. The largest absolute Gasteiger partial charge is 0.204 e. The Bertz CT molecular complexity index is 346. The zero-order valence-electron chi connectivity index (χ0n) is 5.94. The van der Waals surface area contributed by atoms with Gasteiger partial charge in [-0.3, -0.25) is 0 Å². The third kappa shape index (κ3) is 1.87. The van der Waals surface area contributed by atoms with Crippen molar-refractivity contribution in [2.24, 2.45) is 0 Å². The number of rotatable bonds is 1. The Balaban J connectivity index is 3.19. The van der Waals surface area contributed by atoms with E-state index < -0.39 is 5.82 Å². The van der Waals surface area contributed by atoms with E-state index in [0.29, 0.717) is 9.13 Å². The molecule has 0 heterocycles. The summed E-state index contributed by atoms with van der Waals surface area (Å²) in [6.07, 6.45) is 0.215. The predicted octanol–water partition coefficient (Wildman–Crippen LogP) is 3.15. The normalized spacial score (nSPS) is 9.50. The molecule has 0 aliphatic rings. The fraction of sp³-hybridized carbons (Fsp3) is 0.125. The molecule has 1 aromatic carbocycles. The first-order chi connectivity index (χ1) is 5.66. The molecule has 0 saturated heterocycles. The van der Waals surface area contributed by atoms with Crippen LogP contribution in [0.25, 0.3) is 0 Å². The summed E-state index contributed by atoms with van der Waals surface area (Å²) in [4.78, 5) is 0. The average Bonchev–Trinajstić information content (AvgIpc) is 2.07. The highest BCUT2D eigenvalue weighted by molar-refractivity contribution is 14.1. The van der Waals surface area contributed by atoms with Crippen LogP contribution in [-0.2, 0) is 6.42 Å². The van der Waals surface area contributed by atoms with Gasteiger partial charge in [0.2, 0.25) is 0 Å². The van der Waals surface area contributed by atoms with Crippen molar-refractivity contribution < 1.29 is 4.39 Å². The number of nitriles is 1. The first-order valence-corrected chi connectivity index (χ1v) is 4.62. The Morgan fingerprint density at radius 1 is 1.58 bits per heavy atom. The summed E-state index contributed by atoms with van der Waals surface area (Å²) in [6.45, 7) is 0. The lowest BCUT2D eigenvalue weighted by Crippen LogP contribution is -1.92. The van der Waals surface area contributed by atoms with E-state index in [0.717, 1.165) is 0 Å². The van der Waals surface area contributed by atoms with Gasteiger partial charge < -0.3 is 0 Å². The topological polar surface area (TPSA) is 23.8 Å². The van der Waals surface area contributed by atoms with Crippen LogP contribution in [0.5, 0.6) is 0 Å². The number of nitrogens with zero attached hydrogens (tertiary/aromatic N) is 1. The molecule has 0 N–H and O–H groups in total. The molecule has 0 atom stereocenters. The smallest absolute Gasteiger partial charge is 0.155 e. The van der Waals surface area contributed by atoms with Crippen molar-refractivity contribution in [2.75, 3.05) is 0 Å². The fourth-order valence-corrected chi connectivity index (χ4v) is 1.77. The highest BCUT2D eigenvalue weighted by Gasteiger charge is 2.08. The van der Waals surface area contributed by atoms with Crippen LogP contribution >= 0.6 is 34.2 Å². The van der Waals surface area contributed by atoms with Crippen molar-refractivity contribution in [1.29, 1.82) is 5.26 Å². The summed E-state index contributed by atoms with van der Waals surface area (Å²) in [7, 11) is 0. The van der Waals surface area contributed by atoms with E-state index in [1.165, 1.54) is 6.07 Å². The van der Waals surface area contributed by atoms with Crippen molar-refractivity contribution in [3.05, 3.63) is 32.1 Å². The van der Waals surface area contributed by atoms with Gasteiger partial charge >= 0.3 is 0 Å². The van der Waals surface area contributed by atoms with E-state index in [9.17, 15) is 4.39 Å². The van der Waals surface area contributed by atoms with E-state index in [1.54, 1.807) is 6.07 Å². The Labute approximate surface area is 88.3 Å². The van der Waals surface area contributed by atoms with E-state index in [1.807, 2.05) is 28.7 Å². The molecular formula is C8H4ClFIN. The molecule has 0 aromatic heterocycles. The second-order valence-corrected chi connectivity index (χ2v) is 3.66. The Morgan fingerprint density at radius 2 is 2.25 bits per heavy atom. The first kappa shape index (κ1) is 9.75. The Morgan fingerprint density at radius 3 is 2.83 bits per heavy atom. The van der Waals surface area contributed by atoms with Gasteiger partial charge in [0.15, 0.2) is 5.82 Å². The monoisotopic (exact) mass is 295 g/mol. The molecule has 0 amide bonds. The van der Waals surface area contributed by atoms with Crippen LogP contribution in [0.1, 0.15) is 5.56 Å². The molecule has 0 spiro atoms. The molecule has 1 rings (SSSR count). The highest BCUT2D eigenvalue weighted by Crippen LogP contribution is 2.23. The average molecular weight is 295 g/mol.